The minimum absolute atomic E-state index is 0.233. The number of halogens is 1. The lowest BCUT2D eigenvalue weighted by Gasteiger charge is -2.23. The first-order valence-corrected chi connectivity index (χ1v) is 6.54. The Labute approximate surface area is 114 Å². The van der Waals surface area contributed by atoms with Crippen LogP contribution in [0.4, 0.5) is 5.69 Å². The molecule has 4 nitrogen and oxygen atoms in total. The lowest BCUT2D eigenvalue weighted by molar-refractivity contribution is -0.121. The van der Waals surface area contributed by atoms with Gasteiger partial charge in [0, 0.05) is 4.47 Å². The molecule has 1 aliphatic carbocycles. The van der Waals surface area contributed by atoms with E-state index in [2.05, 4.69) is 27.3 Å². The third-order valence-corrected chi connectivity index (χ3v) is 3.76. The summed E-state index contributed by atoms with van der Waals surface area (Å²) in [7, 11) is 0. The maximum atomic E-state index is 12.1. The summed E-state index contributed by atoms with van der Waals surface area (Å²) in [4.78, 5) is 12.1. The van der Waals surface area contributed by atoms with Gasteiger partial charge in [-0.1, -0.05) is 15.9 Å². The Morgan fingerprint density at radius 1 is 1.61 bits per heavy atom. The van der Waals surface area contributed by atoms with Crippen molar-refractivity contribution in [2.45, 2.75) is 25.3 Å². The standard InChI is InChI=1S/C13H14BrN3O/c1-13(16,9-2-3-9)12(18)17-11-5-4-10(14)6-8(11)7-15/h4-6,9H,2-3,16H2,1H3,(H,17,18). The van der Waals surface area contributed by atoms with E-state index in [1.165, 1.54) is 0 Å². The van der Waals surface area contributed by atoms with Crippen LogP contribution < -0.4 is 11.1 Å². The Kier molecular flexibility index (Phi) is 3.42. The van der Waals surface area contributed by atoms with Crippen molar-refractivity contribution in [3.05, 3.63) is 28.2 Å². The Balaban J connectivity index is 2.19. The highest BCUT2D eigenvalue weighted by atomic mass is 79.9. The SMILES string of the molecule is CC(N)(C(=O)Nc1ccc(Br)cc1C#N)C1CC1. The molecule has 0 bridgehead atoms. The first-order chi connectivity index (χ1) is 8.45. The van der Waals surface area contributed by atoms with Crippen molar-refractivity contribution in [1.29, 1.82) is 5.26 Å². The second-order valence-electron chi connectivity index (χ2n) is 4.81. The van der Waals surface area contributed by atoms with Gasteiger partial charge in [-0.25, -0.2) is 0 Å². The highest BCUT2D eigenvalue weighted by Crippen LogP contribution is 2.38. The molecule has 0 radical (unpaired) electrons. The van der Waals surface area contributed by atoms with Crippen LogP contribution in [0.1, 0.15) is 25.3 Å². The van der Waals surface area contributed by atoms with Crippen molar-refractivity contribution in [3.8, 4) is 6.07 Å². The molecule has 2 rings (SSSR count). The minimum atomic E-state index is -0.861. The number of nitriles is 1. The first kappa shape index (κ1) is 13.1. The van der Waals surface area contributed by atoms with Crippen LogP contribution in [-0.2, 0) is 4.79 Å². The average Bonchev–Trinajstić information content (AvgIpc) is 3.15. The van der Waals surface area contributed by atoms with Gasteiger partial charge < -0.3 is 11.1 Å². The number of rotatable bonds is 3. The van der Waals surface area contributed by atoms with Crippen LogP contribution in [0, 0.1) is 17.2 Å². The van der Waals surface area contributed by atoms with Gasteiger partial charge in [-0.3, -0.25) is 4.79 Å². The fraction of sp³-hybridized carbons (Fsp3) is 0.385. The first-order valence-electron chi connectivity index (χ1n) is 5.75. The molecule has 0 heterocycles. The molecule has 18 heavy (non-hydrogen) atoms. The van der Waals surface area contributed by atoms with Gasteiger partial charge in [0.15, 0.2) is 0 Å². The molecule has 94 valence electrons. The molecule has 1 amide bonds. The quantitative estimate of drug-likeness (QED) is 0.900. The molecule has 0 spiro atoms. The summed E-state index contributed by atoms with van der Waals surface area (Å²) in [6.07, 6.45) is 1.98. The van der Waals surface area contributed by atoms with E-state index < -0.39 is 5.54 Å². The Hall–Kier alpha value is -1.38. The molecule has 1 aromatic carbocycles. The van der Waals surface area contributed by atoms with Crippen LogP contribution in [-0.4, -0.2) is 11.4 Å². The molecule has 1 unspecified atom stereocenters. The zero-order chi connectivity index (χ0) is 13.3. The number of carbonyl (C=O) groups excluding carboxylic acids is 1. The molecule has 0 aromatic heterocycles. The maximum absolute atomic E-state index is 12.1. The van der Waals surface area contributed by atoms with E-state index in [1.54, 1.807) is 25.1 Å². The second-order valence-corrected chi connectivity index (χ2v) is 5.73. The lowest BCUT2D eigenvalue weighted by atomic mass is 9.96. The van der Waals surface area contributed by atoms with Crippen LogP contribution in [0.5, 0.6) is 0 Å². The molecule has 0 aliphatic heterocycles. The zero-order valence-corrected chi connectivity index (χ0v) is 11.6. The molecule has 3 N–H and O–H groups in total. The van der Waals surface area contributed by atoms with E-state index in [9.17, 15) is 4.79 Å². The van der Waals surface area contributed by atoms with E-state index in [0.717, 1.165) is 17.3 Å². The Morgan fingerprint density at radius 2 is 2.28 bits per heavy atom. The van der Waals surface area contributed by atoms with Gasteiger partial charge in [0.25, 0.3) is 0 Å². The van der Waals surface area contributed by atoms with Crippen LogP contribution in [0.25, 0.3) is 0 Å². The van der Waals surface area contributed by atoms with E-state index >= 15 is 0 Å². The fourth-order valence-electron chi connectivity index (χ4n) is 1.84. The highest BCUT2D eigenvalue weighted by Gasteiger charge is 2.44. The molecule has 1 aromatic rings. The predicted octanol–water partition coefficient (Wildman–Crippen LogP) is 2.39. The third-order valence-electron chi connectivity index (χ3n) is 3.26. The van der Waals surface area contributed by atoms with Gasteiger partial charge in [-0.15, -0.1) is 0 Å². The lowest BCUT2D eigenvalue weighted by Crippen LogP contribution is -2.50. The summed E-state index contributed by atoms with van der Waals surface area (Å²) in [6.45, 7) is 1.74. The number of anilines is 1. The van der Waals surface area contributed by atoms with Crippen LogP contribution in [0.15, 0.2) is 22.7 Å². The van der Waals surface area contributed by atoms with E-state index in [0.29, 0.717) is 11.3 Å². The molecule has 1 aliphatic rings. The summed E-state index contributed by atoms with van der Waals surface area (Å²) in [5, 5.41) is 11.8. The topological polar surface area (TPSA) is 78.9 Å². The molecular formula is C13H14BrN3O. The Morgan fingerprint density at radius 3 is 2.83 bits per heavy atom. The number of benzene rings is 1. The van der Waals surface area contributed by atoms with Crippen molar-refractivity contribution in [2.24, 2.45) is 11.7 Å². The summed E-state index contributed by atoms with van der Waals surface area (Å²) in [6, 6.07) is 7.20. The highest BCUT2D eigenvalue weighted by molar-refractivity contribution is 9.10. The average molecular weight is 308 g/mol. The number of amides is 1. The summed E-state index contributed by atoms with van der Waals surface area (Å²) >= 11 is 3.29. The molecule has 0 saturated heterocycles. The minimum Gasteiger partial charge on any atom is -0.323 e. The van der Waals surface area contributed by atoms with Gasteiger partial charge >= 0.3 is 0 Å². The molecule has 1 saturated carbocycles. The smallest absolute Gasteiger partial charge is 0.244 e. The molecule has 1 fully saturated rings. The zero-order valence-electron chi connectivity index (χ0n) is 10.0. The van der Waals surface area contributed by atoms with E-state index in [4.69, 9.17) is 11.0 Å². The van der Waals surface area contributed by atoms with Gasteiger partial charge in [-0.05, 0) is 43.9 Å². The summed E-state index contributed by atoms with van der Waals surface area (Å²) < 4.78 is 0.801. The monoisotopic (exact) mass is 307 g/mol. The number of hydrogen-bond donors (Lipinski definition) is 2. The third kappa shape index (κ3) is 2.55. The number of nitrogens with two attached hydrogens (primary N) is 1. The number of nitrogens with zero attached hydrogens (tertiary/aromatic N) is 1. The van der Waals surface area contributed by atoms with Gasteiger partial charge in [0.2, 0.25) is 5.91 Å². The number of hydrogen-bond acceptors (Lipinski definition) is 3. The van der Waals surface area contributed by atoms with Crippen molar-refractivity contribution < 1.29 is 4.79 Å². The number of nitrogens with one attached hydrogen (secondary N) is 1. The van der Waals surface area contributed by atoms with Crippen LogP contribution >= 0.6 is 15.9 Å². The van der Waals surface area contributed by atoms with Crippen molar-refractivity contribution in [3.63, 3.8) is 0 Å². The van der Waals surface area contributed by atoms with E-state index in [1.807, 2.05) is 0 Å². The van der Waals surface area contributed by atoms with Crippen molar-refractivity contribution in [2.75, 3.05) is 5.32 Å². The molecule has 5 heteroatoms. The van der Waals surface area contributed by atoms with Crippen LogP contribution in [0.2, 0.25) is 0 Å². The Bertz CT molecular complexity index is 530. The maximum Gasteiger partial charge on any atom is 0.244 e. The molecule has 1 atom stereocenters. The van der Waals surface area contributed by atoms with Gasteiger partial charge in [0.05, 0.1) is 16.8 Å². The van der Waals surface area contributed by atoms with Crippen LogP contribution in [0.3, 0.4) is 0 Å². The predicted molar refractivity (Wildman–Crippen MR) is 72.8 cm³/mol. The van der Waals surface area contributed by atoms with E-state index in [-0.39, 0.29) is 11.8 Å². The second kappa shape index (κ2) is 4.71. The molecular weight excluding hydrogens is 294 g/mol. The van der Waals surface area contributed by atoms with Gasteiger partial charge in [0.1, 0.15) is 6.07 Å². The van der Waals surface area contributed by atoms with Crippen molar-refractivity contribution in [1.82, 2.24) is 0 Å². The summed E-state index contributed by atoms with van der Waals surface area (Å²) in [5.74, 6) is 0.0160. The van der Waals surface area contributed by atoms with Gasteiger partial charge in [-0.2, -0.15) is 5.26 Å². The largest absolute Gasteiger partial charge is 0.323 e. The summed E-state index contributed by atoms with van der Waals surface area (Å²) in [5.41, 5.74) is 6.09. The van der Waals surface area contributed by atoms with Crippen molar-refractivity contribution >= 4 is 27.5 Å². The fourth-order valence-corrected chi connectivity index (χ4v) is 2.20. The normalized spacial score (nSPS) is 17.7. The number of carbonyl (C=O) groups is 1.